The molecule has 0 heterocycles. The molecule has 0 nitrogen and oxygen atoms in total. The minimum atomic E-state index is -0.664. The van der Waals surface area contributed by atoms with Gasteiger partial charge in [-0.1, -0.05) is 0 Å². The number of rotatable bonds is 6. The second kappa shape index (κ2) is 10.4. The van der Waals surface area contributed by atoms with Crippen molar-refractivity contribution < 1.29 is 23.2 Å². The van der Waals surface area contributed by atoms with Crippen LogP contribution >= 0.6 is 0 Å². The molecule has 2 fully saturated rings. The second-order valence-electron chi connectivity index (χ2n) is 12.1. The van der Waals surface area contributed by atoms with Gasteiger partial charge in [-0.15, -0.1) is 0 Å². The van der Waals surface area contributed by atoms with Gasteiger partial charge in [0, 0.05) is 0 Å². The second-order valence-corrected chi connectivity index (χ2v) is 15.7. The summed E-state index contributed by atoms with van der Waals surface area (Å²) in [5.41, 5.74) is 3.65. The molecular weight excluding hydrogens is 452 g/mol. The van der Waals surface area contributed by atoms with Gasteiger partial charge in [0.1, 0.15) is 0 Å². The fourth-order valence-electron chi connectivity index (χ4n) is 7.29. The molecule has 0 amide bonds. The summed E-state index contributed by atoms with van der Waals surface area (Å²) in [6.45, 7) is 14.9. The summed E-state index contributed by atoms with van der Waals surface area (Å²) in [6, 6.07) is 0. The van der Waals surface area contributed by atoms with Crippen molar-refractivity contribution in [3.63, 3.8) is 0 Å². The van der Waals surface area contributed by atoms with Crippen molar-refractivity contribution in [2.24, 2.45) is 47.3 Å². The Hall–Kier alpha value is -0.157. The molecule has 4 rings (SSSR count). The molecule has 0 aliphatic heterocycles. The average Bonchev–Trinajstić information content (AvgIpc) is 3.37. The van der Waals surface area contributed by atoms with Gasteiger partial charge in [-0.05, 0) is 0 Å². The third-order valence-corrected chi connectivity index (χ3v) is 13.0. The number of hydrogen-bond donors (Lipinski definition) is 0. The van der Waals surface area contributed by atoms with Crippen LogP contribution in [0, 0.1) is 47.3 Å². The summed E-state index contributed by atoms with van der Waals surface area (Å²) in [5, 5.41) is 0. The predicted molar refractivity (Wildman–Crippen MR) is 131 cm³/mol. The third kappa shape index (κ3) is 5.34. The van der Waals surface area contributed by atoms with Gasteiger partial charge in [0.2, 0.25) is 0 Å². The molecule has 4 aliphatic carbocycles. The molecule has 4 aliphatic rings. The zero-order valence-electron chi connectivity index (χ0n) is 21.1. The fourth-order valence-corrected chi connectivity index (χ4v) is 11.3. The monoisotopic (exact) mass is 496 g/mol. The molecule has 1 heteroatoms. The average molecular weight is 498 g/mol. The van der Waals surface area contributed by atoms with Crippen molar-refractivity contribution >= 4 is 0 Å². The molecule has 6 atom stereocenters. The van der Waals surface area contributed by atoms with E-state index in [1.165, 1.54) is 51.4 Å². The summed E-state index contributed by atoms with van der Waals surface area (Å²) in [7, 11) is 0. The predicted octanol–water partition coefficient (Wildman–Crippen LogP) is 8.91. The molecule has 0 aromatic heterocycles. The zero-order chi connectivity index (χ0) is 22.1. The Morgan fingerprint density at radius 3 is 1.48 bits per heavy atom. The Kier molecular flexibility index (Phi) is 8.05. The quantitative estimate of drug-likeness (QED) is 0.343. The van der Waals surface area contributed by atoms with E-state index >= 15 is 0 Å². The summed E-state index contributed by atoms with van der Waals surface area (Å²) in [6.07, 6.45) is 21.4. The first kappa shape index (κ1) is 24.0. The summed E-state index contributed by atoms with van der Waals surface area (Å²) < 4.78 is 3.88. The number of allylic oxidation sites excluding steroid dienone is 8. The molecule has 170 valence electrons. The third-order valence-electron chi connectivity index (χ3n) is 9.08. The van der Waals surface area contributed by atoms with Crippen LogP contribution < -0.4 is 0 Å². The van der Waals surface area contributed by atoms with E-state index in [9.17, 15) is 0 Å². The number of hydrogen-bond acceptors (Lipinski definition) is 0. The van der Waals surface area contributed by atoms with Crippen molar-refractivity contribution in [3.05, 3.63) is 42.0 Å². The van der Waals surface area contributed by atoms with Crippen molar-refractivity contribution in [1.82, 2.24) is 0 Å². The first-order valence-electron chi connectivity index (χ1n) is 13.4. The van der Waals surface area contributed by atoms with Crippen LogP contribution in [-0.2, 0) is 23.2 Å². The molecule has 6 unspecified atom stereocenters. The van der Waals surface area contributed by atoms with E-state index < -0.39 is 23.2 Å². The maximum absolute atomic E-state index is 2.58. The van der Waals surface area contributed by atoms with Gasteiger partial charge in [0.25, 0.3) is 0 Å². The Balaban J connectivity index is 1.60. The van der Waals surface area contributed by atoms with Crippen LogP contribution in [0.2, 0.25) is 0 Å². The molecule has 0 N–H and O–H groups in total. The van der Waals surface area contributed by atoms with Gasteiger partial charge in [0.05, 0.1) is 0 Å². The topological polar surface area (TPSA) is 0 Å². The van der Waals surface area contributed by atoms with E-state index in [2.05, 4.69) is 65.8 Å². The summed E-state index contributed by atoms with van der Waals surface area (Å²) in [5.74, 6) is 6.96. The molecule has 0 saturated heterocycles. The molecule has 2 saturated carbocycles. The van der Waals surface area contributed by atoms with Crippen LogP contribution in [0.5, 0.6) is 0 Å². The molecule has 0 aromatic rings. The van der Waals surface area contributed by atoms with Crippen LogP contribution in [0.1, 0.15) is 92.9 Å². The van der Waals surface area contributed by atoms with Crippen LogP contribution in [0.3, 0.4) is 0 Å². The first-order chi connectivity index (χ1) is 14.8. The van der Waals surface area contributed by atoms with Crippen molar-refractivity contribution in [2.45, 2.75) is 92.9 Å². The summed E-state index contributed by atoms with van der Waals surface area (Å²) in [4.78, 5) is 0. The SMILES string of the molecule is CC1CCC(C(C)C)C(C2=[C]([Zr][C]3=C(C4CC(C)CCC4C(C)C)C=CC3)CC=C2)C1. The van der Waals surface area contributed by atoms with E-state index in [1.807, 2.05) is 17.7 Å². The Bertz CT molecular complexity index is 697. The first-order valence-corrected chi connectivity index (χ1v) is 15.9. The normalized spacial score (nSPS) is 36.4. The van der Waals surface area contributed by atoms with Crippen LogP contribution in [0.25, 0.3) is 0 Å². The maximum atomic E-state index is 2.58. The van der Waals surface area contributed by atoms with Crippen LogP contribution in [-0.4, -0.2) is 0 Å². The van der Waals surface area contributed by atoms with Crippen LogP contribution in [0.4, 0.5) is 0 Å². The minimum absolute atomic E-state index is 0.664. The van der Waals surface area contributed by atoms with Gasteiger partial charge in [-0.25, -0.2) is 0 Å². The van der Waals surface area contributed by atoms with Crippen molar-refractivity contribution in [3.8, 4) is 0 Å². The molecular formula is C30H46Zr. The van der Waals surface area contributed by atoms with Crippen molar-refractivity contribution in [1.29, 1.82) is 0 Å². The molecule has 0 radical (unpaired) electrons. The Labute approximate surface area is 204 Å². The van der Waals surface area contributed by atoms with E-state index in [4.69, 9.17) is 0 Å². The van der Waals surface area contributed by atoms with Gasteiger partial charge in [0.15, 0.2) is 0 Å². The van der Waals surface area contributed by atoms with Crippen LogP contribution in [0.15, 0.2) is 42.0 Å². The van der Waals surface area contributed by atoms with Gasteiger partial charge < -0.3 is 0 Å². The van der Waals surface area contributed by atoms with Gasteiger partial charge in [-0.3, -0.25) is 0 Å². The molecule has 0 spiro atoms. The Morgan fingerprint density at radius 2 is 1.10 bits per heavy atom. The standard InChI is InChI=1S/2C15H23.Zr/c2*1-11(2)14-9-8-12(3)10-15(14)13-6-4-5-7-13;/h2*4,6,11-12,14-15H,5,8-10H2,1-3H3;. The van der Waals surface area contributed by atoms with Crippen molar-refractivity contribution in [2.75, 3.05) is 0 Å². The van der Waals surface area contributed by atoms with Gasteiger partial charge in [-0.2, -0.15) is 0 Å². The molecule has 0 bridgehead atoms. The summed E-state index contributed by atoms with van der Waals surface area (Å²) >= 11 is -0.664. The zero-order valence-corrected chi connectivity index (χ0v) is 23.5. The van der Waals surface area contributed by atoms with Gasteiger partial charge >= 0.3 is 205 Å². The molecule has 0 aromatic carbocycles. The molecule has 31 heavy (non-hydrogen) atoms. The Morgan fingerprint density at radius 1 is 0.677 bits per heavy atom. The fraction of sp³-hybridized carbons (Fsp3) is 0.733. The van der Waals surface area contributed by atoms with E-state index in [0.29, 0.717) is 0 Å². The van der Waals surface area contributed by atoms with E-state index in [1.54, 1.807) is 0 Å². The van der Waals surface area contributed by atoms with E-state index in [-0.39, 0.29) is 0 Å². The van der Waals surface area contributed by atoms with E-state index in [0.717, 1.165) is 47.3 Å².